The van der Waals surface area contributed by atoms with Gasteiger partial charge < -0.3 is 0 Å². The Bertz CT molecular complexity index is 1520. The third kappa shape index (κ3) is 8.57. The molecule has 2 saturated carbocycles. The van der Waals surface area contributed by atoms with Crippen molar-refractivity contribution in [3.05, 3.63) is 146 Å². The van der Waals surface area contributed by atoms with Gasteiger partial charge in [0.05, 0.1) is 0 Å². The maximum atomic E-state index is 14.4. The van der Waals surface area contributed by atoms with Crippen LogP contribution in [0.1, 0.15) is 69.2 Å². The van der Waals surface area contributed by atoms with E-state index in [0.717, 1.165) is 0 Å². The molecule has 0 spiro atoms. The largest absolute Gasteiger partial charge is 3.00 e. The van der Waals surface area contributed by atoms with Crippen molar-refractivity contribution in [2.24, 2.45) is 0 Å². The Balaban J connectivity index is 0.000000403. The van der Waals surface area contributed by atoms with Crippen molar-refractivity contribution in [2.45, 2.75) is 69.2 Å². The van der Waals surface area contributed by atoms with E-state index in [-0.39, 0.29) is 26.2 Å². The molecule has 3 aromatic rings. The summed E-state index contributed by atoms with van der Waals surface area (Å²) in [4.78, 5) is 0. The van der Waals surface area contributed by atoms with Gasteiger partial charge in [0, 0.05) is 0 Å². The number of hydrogen-bond acceptors (Lipinski definition) is 0. The first-order valence-corrected chi connectivity index (χ1v) is 15.7. The second kappa shape index (κ2) is 18.4. The van der Waals surface area contributed by atoms with Crippen molar-refractivity contribution in [3.8, 4) is 0 Å². The normalized spacial score (nSPS) is 17.6. The third-order valence-electron chi connectivity index (χ3n) is 10.2. The molecule has 12 radical (unpaired) electrons. The summed E-state index contributed by atoms with van der Waals surface area (Å²) in [6.07, 6.45) is 0. The zero-order chi connectivity index (χ0) is 41.7. The maximum absolute atomic E-state index is 14.4. The third-order valence-corrected chi connectivity index (χ3v) is 10.2. The molecule has 0 unspecified atom stereocenters. The van der Waals surface area contributed by atoms with Crippen LogP contribution in [0, 0.1) is 146 Å². The van der Waals surface area contributed by atoms with Crippen LogP contribution in [0.2, 0.25) is 0 Å². The van der Waals surface area contributed by atoms with Crippen molar-refractivity contribution >= 4 is 23.1 Å². The fraction of sp³-hybridized carbons (Fsp3) is 0.263. The number of hydrogen-bond donors (Lipinski definition) is 0. The van der Waals surface area contributed by atoms with Gasteiger partial charge in [-0.1, -0.05) is 69.2 Å². The fourth-order valence-electron chi connectivity index (χ4n) is 5.87. The van der Waals surface area contributed by atoms with E-state index in [2.05, 4.69) is 69.2 Å². The van der Waals surface area contributed by atoms with Crippen LogP contribution < -0.4 is 16.4 Å². The van der Waals surface area contributed by atoms with E-state index in [1.807, 2.05) is 0 Å². The minimum atomic E-state index is -3.96. The minimum Gasteiger partial charge on any atom is -0.207 e. The standard InChI is InChI=1S/C18BF15.2C10H15.Zr/c20-4-1(5(21)11(27)16(32)10(4)26)19(2-6(22)12(28)17(33)13(29)7(2)23)3-8(24)14(30)18(34)15(31)9(3)25;2*1-6-7(2)9(4)10(5)8(6)3;/h;2*1-5H3;/q-1;;;+3. The molecule has 0 aliphatic heterocycles. The average Bonchev–Trinajstić information content (AvgIpc) is 3.42. The van der Waals surface area contributed by atoms with Gasteiger partial charge in [0.25, 0.3) is 0 Å². The smallest absolute Gasteiger partial charge is 0.207 e. The van der Waals surface area contributed by atoms with Crippen molar-refractivity contribution in [1.29, 1.82) is 0 Å². The van der Waals surface area contributed by atoms with Crippen LogP contribution >= 0.6 is 0 Å². The van der Waals surface area contributed by atoms with Crippen LogP contribution in [0.15, 0.2) is 0 Å². The summed E-state index contributed by atoms with van der Waals surface area (Å²) in [7, 11) is 0. The molecule has 0 aromatic heterocycles. The molecule has 55 heavy (non-hydrogen) atoms. The van der Waals surface area contributed by atoms with E-state index in [4.69, 9.17) is 0 Å². The molecule has 2 fully saturated rings. The van der Waals surface area contributed by atoms with E-state index in [0.29, 0.717) is 0 Å². The van der Waals surface area contributed by atoms with E-state index >= 15 is 0 Å². The first kappa shape index (κ1) is 48.7. The van der Waals surface area contributed by atoms with Gasteiger partial charge >= 0.3 is 26.2 Å². The van der Waals surface area contributed by atoms with Gasteiger partial charge in [0.2, 0.25) is 0 Å². The molecule has 0 atom stereocenters. The molecule has 5 rings (SSSR count). The molecule has 0 saturated heterocycles. The van der Waals surface area contributed by atoms with Crippen LogP contribution in [-0.2, 0) is 26.2 Å². The summed E-state index contributed by atoms with van der Waals surface area (Å²) >= 11 is 0. The Hall–Kier alpha value is -2.44. The van der Waals surface area contributed by atoms with Gasteiger partial charge in [0.15, 0.2) is 52.4 Å². The molecule has 2 aliphatic rings. The van der Waals surface area contributed by atoms with Gasteiger partial charge in [0.1, 0.15) is 34.9 Å². The summed E-state index contributed by atoms with van der Waals surface area (Å²) in [6.45, 7) is 18.0. The zero-order valence-electron chi connectivity index (χ0n) is 30.7. The molecule has 0 heterocycles. The van der Waals surface area contributed by atoms with Crippen molar-refractivity contribution in [3.63, 3.8) is 0 Å². The second-order valence-electron chi connectivity index (χ2n) is 12.6. The second-order valence-corrected chi connectivity index (χ2v) is 12.6. The van der Waals surface area contributed by atoms with Crippen LogP contribution in [0.4, 0.5) is 65.9 Å². The number of halogens is 15. The molecule has 292 valence electrons. The Morgan fingerprint density at radius 1 is 0.200 bits per heavy atom. The average molecular weight is 874 g/mol. The van der Waals surface area contributed by atoms with E-state index in [9.17, 15) is 65.9 Å². The molecular formula is C38H30BF15Zr+2. The molecule has 0 amide bonds. The van der Waals surface area contributed by atoms with Crippen LogP contribution in [-0.4, -0.2) is 6.71 Å². The molecule has 2 aliphatic carbocycles. The topological polar surface area (TPSA) is 0 Å². The number of benzene rings is 3. The van der Waals surface area contributed by atoms with E-state index in [1.165, 1.54) is 59.2 Å². The van der Waals surface area contributed by atoms with Crippen molar-refractivity contribution < 1.29 is 92.1 Å². The Kier molecular flexibility index (Phi) is 16.3. The molecule has 17 heteroatoms. The van der Waals surface area contributed by atoms with E-state index < -0.39 is 110 Å². The summed E-state index contributed by atoms with van der Waals surface area (Å²) in [6, 6.07) is 0. The van der Waals surface area contributed by atoms with E-state index in [1.54, 1.807) is 0 Å². The van der Waals surface area contributed by atoms with Gasteiger partial charge in [-0.25, -0.2) is 65.9 Å². The first-order valence-electron chi connectivity index (χ1n) is 15.7. The Morgan fingerprint density at radius 3 is 0.400 bits per heavy atom. The van der Waals surface area contributed by atoms with Gasteiger partial charge in [-0.2, -0.15) is 16.4 Å². The number of rotatable bonds is 3. The van der Waals surface area contributed by atoms with Crippen LogP contribution in [0.5, 0.6) is 0 Å². The zero-order valence-corrected chi connectivity index (χ0v) is 33.2. The monoisotopic (exact) mass is 872 g/mol. The Morgan fingerprint density at radius 2 is 0.291 bits per heavy atom. The van der Waals surface area contributed by atoms with Crippen LogP contribution in [0.3, 0.4) is 0 Å². The van der Waals surface area contributed by atoms with Crippen molar-refractivity contribution in [1.82, 2.24) is 0 Å². The van der Waals surface area contributed by atoms with Gasteiger partial charge in [-0.3, -0.25) is 0 Å². The fourth-order valence-corrected chi connectivity index (χ4v) is 5.87. The first-order chi connectivity index (χ1) is 24.8. The summed E-state index contributed by atoms with van der Waals surface area (Å²) in [5, 5.41) is 0. The summed E-state index contributed by atoms with van der Waals surface area (Å²) in [5.74, 6) is -30.5. The predicted octanol–water partition coefficient (Wildman–Crippen LogP) is 10.2. The van der Waals surface area contributed by atoms with Crippen LogP contribution in [0.25, 0.3) is 0 Å². The summed E-state index contributed by atoms with van der Waals surface area (Å²) in [5.41, 5.74) is -8.03. The maximum Gasteiger partial charge on any atom is 3.00 e. The van der Waals surface area contributed by atoms with Gasteiger partial charge in [-0.15, -0.1) is 0 Å². The SMILES string of the molecule is C[C]1[C](C)[C](C)[C](C)[C]1C.C[C]1[C](C)[C](C)[C](C)[C]1C.Fc1c(F)c(F)c([B-](c2c(F)c(F)c(F)c(F)c2F)c2c(F)c(F)c(F)c(F)c2F)c(F)c1F.[Zr+3]. The van der Waals surface area contributed by atoms with Crippen molar-refractivity contribution in [2.75, 3.05) is 0 Å². The molecule has 0 N–H and O–H groups in total. The molecule has 0 bridgehead atoms. The quantitative estimate of drug-likeness (QED) is 0.107. The van der Waals surface area contributed by atoms with Gasteiger partial charge in [-0.05, 0) is 65.9 Å². The molecular weight excluding hydrogens is 843 g/mol. The predicted molar refractivity (Wildman–Crippen MR) is 173 cm³/mol. The molecule has 3 aromatic carbocycles. The minimum absolute atomic E-state index is 0. The Labute approximate surface area is 329 Å². The molecule has 0 nitrogen and oxygen atoms in total. The summed E-state index contributed by atoms with van der Waals surface area (Å²) < 4.78 is 209.